The molecule has 2 heterocycles. The number of rotatable bonds is 8. The van der Waals surface area contributed by atoms with Crippen molar-refractivity contribution in [2.75, 3.05) is 32.8 Å². The molecule has 3 rings (SSSR count). The lowest BCUT2D eigenvalue weighted by Gasteiger charge is -2.34. The first-order valence-corrected chi connectivity index (χ1v) is 10.9. The smallest absolute Gasteiger partial charge is 0.193 e. The number of hydrogen-bond acceptors (Lipinski definition) is 3. The first-order chi connectivity index (χ1) is 13.2. The second kappa shape index (κ2) is 10.7. The molecule has 1 aliphatic carbocycles. The molecule has 1 N–H and O–H groups in total. The second-order valence-electron chi connectivity index (χ2n) is 8.48. The van der Waals surface area contributed by atoms with Crippen LogP contribution in [0.3, 0.4) is 0 Å². The summed E-state index contributed by atoms with van der Waals surface area (Å²) in [6.45, 7) is 9.17. The van der Waals surface area contributed by atoms with Gasteiger partial charge in [0.25, 0.3) is 0 Å². The highest BCUT2D eigenvalue weighted by Crippen LogP contribution is 2.26. The van der Waals surface area contributed by atoms with E-state index in [0.717, 1.165) is 69.7 Å². The van der Waals surface area contributed by atoms with E-state index in [4.69, 9.17) is 14.1 Å². The molecule has 0 atom stereocenters. The molecule has 0 unspecified atom stereocenters. The lowest BCUT2D eigenvalue weighted by atomic mass is 10.1. The van der Waals surface area contributed by atoms with Gasteiger partial charge >= 0.3 is 0 Å². The maximum atomic E-state index is 6.22. The average molecular weight is 376 g/mol. The van der Waals surface area contributed by atoms with Crippen LogP contribution < -0.4 is 5.32 Å². The topological polar surface area (TPSA) is 50.0 Å². The Hall–Kier alpha value is -1.49. The maximum Gasteiger partial charge on any atom is 0.193 e. The summed E-state index contributed by atoms with van der Waals surface area (Å²) in [5.74, 6) is 3.45. The number of ether oxygens (including phenoxy) is 1. The molecule has 0 aromatic carbocycles. The van der Waals surface area contributed by atoms with E-state index < -0.39 is 0 Å². The van der Waals surface area contributed by atoms with Crippen LogP contribution in [-0.2, 0) is 11.2 Å². The molecule has 1 saturated heterocycles. The molecule has 1 saturated carbocycles. The number of nitrogens with zero attached hydrogens (tertiary/aromatic N) is 2. The van der Waals surface area contributed by atoms with Gasteiger partial charge in [0.15, 0.2) is 5.96 Å². The summed E-state index contributed by atoms with van der Waals surface area (Å²) in [5, 5.41) is 3.55. The Labute approximate surface area is 164 Å². The molecule has 152 valence electrons. The van der Waals surface area contributed by atoms with Crippen molar-refractivity contribution in [3.05, 3.63) is 24.2 Å². The lowest BCUT2D eigenvalue weighted by molar-refractivity contribution is 0.000999. The van der Waals surface area contributed by atoms with Gasteiger partial charge in [0.2, 0.25) is 0 Å². The zero-order valence-corrected chi connectivity index (χ0v) is 17.2. The first-order valence-electron chi connectivity index (χ1n) is 10.9. The van der Waals surface area contributed by atoms with E-state index in [2.05, 4.69) is 24.1 Å². The number of piperidine rings is 1. The van der Waals surface area contributed by atoms with Gasteiger partial charge < -0.3 is 19.4 Å². The monoisotopic (exact) mass is 375 g/mol. The molecular formula is C22H37N3O2. The molecule has 27 heavy (non-hydrogen) atoms. The minimum atomic E-state index is 0.427. The first kappa shape index (κ1) is 20.2. The third-order valence-electron chi connectivity index (χ3n) is 5.62. The molecule has 5 heteroatoms. The Bertz CT molecular complexity index is 542. The summed E-state index contributed by atoms with van der Waals surface area (Å²) < 4.78 is 11.7. The van der Waals surface area contributed by atoms with E-state index in [-0.39, 0.29) is 0 Å². The SMILES string of the molecule is CC(C)CN=C(NCCc1ccco1)N1CCC(OCC2CCCC2)CC1. The Morgan fingerprint density at radius 1 is 1.26 bits per heavy atom. The fourth-order valence-electron chi connectivity index (χ4n) is 3.97. The van der Waals surface area contributed by atoms with Crippen LogP contribution in [0.15, 0.2) is 27.8 Å². The molecule has 1 aromatic heterocycles. The fraction of sp³-hybridized carbons (Fsp3) is 0.773. The van der Waals surface area contributed by atoms with Crippen LogP contribution in [0, 0.1) is 11.8 Å². The van der Waals surface area contributed by atoms with Crippen LogP contribution in [0.1, 0.15) is 58.1 Å². The van der Waals surface area contributed by atoms with Crippen LogP contribution in [0.4, 0.5) is 0 Å². The molecule has 2 aliphatic rings. The zero-order chi connectivity index (χ0) is 18.9. The van der Waals surface area contributed by atoms with Crippen molar-refractivity contribution in [2.45, 2.75) is 64.9 Å². The molecule has 0 radical (unpaired) electrons. The Morgan fingerprint density at radius 3 is 2.70 bits per heavy atom. The molecule has 0 amide bonds. The lowest BCUT2D eigenvalue weighted by Crippen LogP contribution is -2.47. The van der Waals surface area contributed by atoms with E-state index in [1.54, 1.807) is 6.26 Å². The molecule has 0 bridgehead atoms. The summed E-state index contributed by atoms with van der Waals surface area (Å²) in [6, 6.07) is 3.97. The van der Waals surface area contributed by atoms with Gasteiger partial charge in [-0.05, 0) is 49.7 Å². The molecule has 0 spiro atoms. The van der Waals surface area contributed by atoms with Crippen molar-refractivity contribution >= 4 is 5.96 Å². The van der Waals surface area contributed by atoms with Crippen molar-refractivity contribution in [1.29, 1.82) is 0 Å². The summed E-state index contributed by atoms with van der Waals surface area (Å²) >= 11 is 0. The molecule has 2 fully saturated rings. The number of likely N-dealkylation sites (tertiary alicyclic amines) is 1. The van der Waals surface area contributed by atoms with Gasteiger partial charge in [-0.2, -0.15) is 0 Å². The normalized spacial score (nSPS) is 20.0. The van der Waals surface area contributed by atoms with E-state index in [1.807, 2.05) is 12.1 Å². The van der Waals surface area contributed by atoms with Gasteiger partial charge in [0, 0.05) is 39.2 Å². The quantitative estimate of drug-likeness (QED) is 0.549. The van der Waals surface area contributed by atoms with Crippen LogP contribution in [0.25, 0.3) is 0 Å². The third-order valence-corrected chi connectivity index (χ3v) is 5.62. The minimum Gasteiger partial charge on any atom is -0.469 e. The highest BCUT2D eigenvalue weighted by Gasteiger charge is 2.24. The van der Waals surface area contributed by atoms with Crippen molar-refractivity contribution in [1.82, 2.24) is 10.2 Å². The van der Waals surface area contributed by atoms with Crippen LogP contribution in [-0.4, -0.2) is 49.7 Å². The number of aliphatic imine (C=N–C) groups is 1. The van der Waals surface area contributed by atoms with E-state index in [0.29, 0.717) is 12.0 Å². The van der Waals surface area contributed by atoms with Crippen molar-refractivity contribution in [2.24, 2.45) is 16.8 Å². The third kappa shape index (κ3) is 6.87. The minimum absolute atomic E-state index is 0.427. The fourth-order valence-corrected chi connectivity index (χ4v) is 3.97. The number of nitrogens with one attached hydrogen (secondary N) is 1. The summed E-state index contributed by atoms with van der Waals surface area (Å²) in [5.41, 5.74) is 0. The Balaban J connectivity index is 1.43. The summed E-state index contributed by atoms with van der Waals surface area (Å²) in [4.78, 5) is 7.26. The van der Waals surface area contributed by atoms with E-state index in [1.165, 1.54) is 25.7 Å². The highest BCUT2D eigenvalue weighted by molar-refractivity contribution is 5.80. The van der Waals surface area contributed by atoms with E-state index in [9.17, 15) is 0 Å². The number of guanidine groups is 1. The Morgan fingerprint density at radius 2 is 2.04 bits per heavy atom. The van der Waals surface area contributed by atoms with Crippen LogP contribution in [0.2, 0.25) is 0 Å². The Kier molecular flexibility index (Phi) is 8.06. The summed E-state index contributed by atoms with van der Waals surface area (Å²) in [7, 11) is 0. The largest absolute Gasteiger partial charge is 0.469 e. The van der Waals surface area contributed by atoms with Gasteiger partial charge in [-0.3, -0.25) is 4.99 Å². The molecule has 1 aliphatic heterocycles. The number of hydrogen-bond donors (Lipinski definition) is 1. The van der Waals surface area contributed by atoms with Gasteiger partial charge in [-0.15, -0.1) is 0 Å². The number of furan rings is 1. The van der Waals surface area contributed by atoms with Crippen molar-refractivity contribution < 1.29 is 9.15 Å². The molecular weight excluding hydrogens is 338 g/mol. The predicted molar refractivity (Wildman–Crippen MR) is 110 cm³/mol. The molecule has 5 nitrogen and oxygen atoms in total. The standard InChI is InChI=1S/C22H37N3O2/c1-18(2)16-24-22(23-12-9-20-8-5-15-26-20)25-13-10-21(11-14-25)27-17-19-6-3-4-7-19/h5,8,15,18-19,21H,3-4,6-7,9-14,16-17H2,1-2H3,(H,23,24). The molecule has 1 aromatic rings. The summed E-state index contributed by atoms with van der Waals surface area (Å²) in [6.07, 6.45) is 10.8. The van der Waals surface area contributed by atoms with Crippen LogP contribution >= 0.6 is 0 Å². The average Bonchev–Trinajstić information content (AvgIpc) is 3.37. The van der Waals surface area contributed by atoms with Gasteiger partial charge in [-0.1, -0.05) is 26.7 Å². The van der Waals surface area contributed by atoms with E-state index >= 15 is 0 Å². The maximum absolute atomic E-state index is 6.22. The predicted octanol–water partition coefficient (Wildman–Crippen LogP) is 4.09. The van der Waals surface area contributed by atoms with Crippen molar-refractivity contribution in [3.8, 4) is 0 Å². The van der Waals surface area contributed by atoms with Gasteiger partial charge in [0.1, 0.15) is 5.76 Å². The van der Waals surface area contributed by atoms with Crippen molar-refractivity contribution in [3.63, 3.8) is 0 Å². The second-order valence-corrected chi connectivity index (χ2v) is 8.48. The van der Waals surface area contributed by atoms with Crippen LogP contribution in [0.5, 0.6) is 0 Å². The van der Waals surface area contributed by atoms with Gasteiger partial charge in [0.05, 0.1) is 12.4 Å². The zero-order valence-electron chi connectivity index (χ0n) is 17.2. The highest BCUT2D eigenvalue weighted by atomic mass is 16.5. The van der Waals surface area contributed by atoms with Gasteiger partial charge in [-0.25, -0.2) is 0 Å².